The number of benzene rings is 1. The van der Waals surface area contributed by atoms with Crippen molar-refractivity contribution in [3.8, 4) is 5.75 Å². The zero-order valence-electron chi connectivity index (χ0n) is 12.9. The molecule has 0 saturated carbocycles. The zero-order chi connectivity index (χ0) is 16.7. The van der Waals surface area contributed by atoms with E-state index in [0.29, 0.717) is 11.4 Å². The van der Waals surface area contributed by atoms with Crippen LogP contribution in [0.4, 0.5) is 0 Å². The molecule has 1 aromatic carbocycles. The third-order valence-electron chi connectivity index (χ3n) is 2.99. The van der Waals surface area contributed by atoms with Gasteiger partial charge in [0.1, 0.15) is 5.75 Å². The van der Waals surface area contributed by atoms with Crippen molar-refractivity contribution in [2.45, 2.75) is 13.5 Å². The Morgan fingerprint density at radius 1 is 1.17 bits per heavy atom. The topological polar surface area (TPSA) is 90.4 Å². The number of nitrogens with zero attached hydrogens (tertiary/aromatic N) is 2. The first-order valence-electron chi connectivity index (χ1n) is 6.94. The molecule has 7 heteroatoms. The summed E-state index contributed by atoms with van der Waals surface area (Å²) in [7, 11) is 1.56. The van der Waals surface area contributed by atoms with E-state index in [-0.39, 0.29) is 18.8 Å². The van der Waals surface area contributed by atoms with E-state index in [4.69, 9.17) is 9.47 Å². The Hall–Kier alpha value is -2.96. The predicted octanol–water partition coefficient (Wildman–Crippen LogP) is 1.27. The van der Waals surface area contributed by atoms with Gasteiger partial charge in [-0.15, -0.1) is 0 Å². The van der Waals surface area contributed by atoms with E-state index in [1.54, 1.807) is 20.1 Å². The number of hydrogen-bond acceptors (Lipinski definition) is 6. The van der Waals surface area contributed by atoms with Crippen molar-refractivity contribution < 1.29 is 19.1 Å². The van der Waals surface area contributed by atoms with Crippen LogP contribution >= 0.6 is 0 Å². The highest BCUT2D eigenvalue weighted by atomic mass is 16.5. The van der Waals surface area contributed by atoms with Crippen LogP contribution in [0.5, 0.6) is 5.75 Å². The second-order valence-corrected chi connectivity index (χ2v) is 4.71. The third kappa shape index (κ3) is 4.77. The second-order valence-electron chi connectivity index (χ2n) is 4.71. The molecule has 1 N–H and O–H groups in total. The molecule has 0 unspecified atom stereocenters. The molecule has 0 bridgehead atoms. The summed E-state index contributed by atoms with van der Waals surface area (Å²) in [6, 6.07) is 7.33. The number of hydrogen-bond donors (Lipinski definition) is 1. The fourth-order valence-corrected chi connectivity index (χ4v) is 1.80. The maximum Gasteiger partial charge on any atom is 0.359 e. The van der Waals surface area contributed by atoms with E-state index < -0.39 is 11.9 Å². The van der Waals surface area contributed by atoms with Crippen LogP contribution < -0.4 is 10.1 Å². The van der Waals surface area contributed by atoms with Crippen molar-refractivity contribution >= 4 is 11.9 Å². The van der Waals surface area contributed by atoms with Crippen molar-refractivity contribution in [1.29, 1.82) is 0 Å². The van der Waals surface area contributed by atoms with Crippen LogP contribution in [0.2, 0.25) is 0 Å². The SMILES string of the molecule is COc1ccccc1CNC(=O)COC(=O)c1cnc(C)cn1. The highest BCUT2D eigenvalue weighted by Gasteiger charge is 2.12. The van der Waals surface area contributed by atoms with Gasteiger partial charge in [0.15, 0.2) is 12.3 Å². The van der Waals surface area contributed by atoms with Crippen LogP contribution in [0.25, 0.3) is 0 Å². The van der Waals surface area contributed by atoms with Gasteiger partial charge in [-0.3, -0.25) is 9.78 Å². The minimum absolute atomic E-state index is 0.0631. The molecule has 0 atom stereocenters. The molecule has 0 saturated heterocycles. The fraction of sp³-hybridized carbons (Fsp3) is 0.250. The molecule has 1 aromatic heterocycles. The number of amides is 1. The lowest BCUT2D eigenvalue weighted by atomic mass is 10.2. The molecule has 0 aliphatic heterocycles. The summed E-state index contributed by atoms with van der Waals surface area (Å²) in [4.78, 5) is 31.3. The highest BCUT2D eigenvalue weighted by molar-refractivity contribution is 5.89. The zero-order valence-corrected chi connectivity index (χ0v) is 12.9. The van der Waals surface area contributed by atoms with Gasteiger partial charge in [0.25, 0.3) is 5.91 Å². The Labute approximate surface area is 133 Å². The maximum absolute atomic E-state index is 11.7. The van der Waals surface area contributed by atoms with Gasteiger partial charge in [-0.2, -0.15) is 0 Å². The molecule has 0 aliphatic rings. The standard InChI is InChI=1S/C16H17N3O4/c1-11-7-18-13(9-17-11)16(21)23-10-15(20)19-8-12-5-3-4-6-14(12)22-2/h3-7,9H,8,10H2,1-2H3,(H,19,20). The lowest BCUT2D eigenvalue weighted by molar-refractivity contribution is -0.124. The van der Waals surface area contributed by atoms with Crippen molar-refractivity contribution in [3.63, 3.8) is 0 Å². The molecule has 2 aromatic rings. The lowest BCUT2D eigenvalue weighted by Crippen LogP contribution is -2.28. The van der Waals surface area contributed by atoms with Crippen molar-refractivity contribution in [2.75, 3.05) is 13.7 Å². The lowest BCUT2D eigenvalue weighted by Gasteiger charge is -2.09. The Balaban J connectivity index is 1.81. The monoisotopic (exact) mass is 315 g/mol. The summed E-state index contributed by atoms with van der Waals surface area (Å²) in [6.07, 6.45) is 2.77. The van der Waals surface area contributed by atoms with Gasteiger partial charge in [-0.25, -0.2) is 9.78 Å². The number of carbonyl (C=O) groups is 2. The smallest absolute Gasteiger partial charge is 0.359 e. The van der Waals surface area contributed by atoms with Gasteiger partial charge >= 0.3 is 5.97 Å². The average molecular weight is 315 g/mol. The first kappa shape index (κ1) is 16.4. The summed E-state index contributed by atoms with van der Waals surface area (Å²) in [5, 5.41) is 2.66. The summed E-state index contributed by atoms with van der Waals surface area (Å²) in [6.45, 7) is 1.65. The molecule has 0 spiro atoms. The van der Waals surface area contributed by atoms with E-state index >= 15 is 0 Å². The summed E-state index contributed by atoms with van der Waals surface area (Å²) in [5.41, 5.74) is 1.59. The Morgan fingerprint density at radius 3 is 2.65 bits per heavy atom. The Kier molecular flexibility index (Phi) is 5.62. The van der Waals surface area contributed by atoms with Gasteiger partial charge in [0.2, 0.25) is 0 Å². The molecular formula is C16H17N3O4. The van der Waals surface area contributed by atoms with Gasteiger partial charge < -0.3 is 14.8 Å². The van der Waals surface area contributed by atoms with E-state index in [1.807, 2.05) is 18.2 Å². The largest absolute Gasteiger partial charge is 0.496 e. The van der Waals surface area contributed by atoms with Crippen LogP contribution in [0.1, 0.15) is 21.7 Å². The van der Waals surface area contributed by atoms with Gasteiger partial charge in [0, 0.05) is 18.3 Å². The van der Waals surface area contributed by atoms with Crippen LogP contribution in [0, 0.1) is 6.92 Å². The van der Waals surface area contributed by atoms with E-state index in [1.165, 1.54) is 12.4 Å². The minimum Gasteiger partial charge on any atom is -0.496 e. The molecule has 23 heavy (non-hydrogen) atoms. The average Bonchev–Trinajstić information content (AvgIpc) is 2.58. The van der Waals surface area contributed by atoms with Gasteiger partial charge in [0.05, 0.1) is 19.0 Å². The molecular weight excluding hydrogens is 298 g/mol. The Morgan fingerprint density at radius 2 is 1.96 bits per heavy atom. The van der Waals surface area contributed by atoms with E-state index in [9.17, 15) is 9.59 Å². The quantitative estimate of drug-likeness (QED) is 0.807. The highest BCUT2D eigenvalue weighted by Crippen LogP contribution is 2.16. The molecule has 2 rings (SSSR count). The number of nitrogens with one attached hydrogen (secondary N) is 1. The molecule has 1 heterocycles. The van der Waals surface area contributed by atoms with Crippen molar-refractivity contribution in [3.05, 3.63) is 53.6 Å². The van der Waals surface area contributed by atoms with Crippen molar-refractivity contribution in [2.24, 2.45) is 0 Å². The summed E-state index contributed by atoms with van der Waals surface area (Å²) < 4.78 is 10.1. The molecule has 0 radical (unpaired) electrons. The summed E-state index contributed by atoms with van der Waals surface area (Å²) in [5.74, 6) is -0.422. The number of aromatic nitrogens is 2. The molecule has 0 aliphatic carbocycles. The Bertz CT molecular complexity index is 686. The molecule has 0 fully saturated rings. The fourth-order valence-electron chi connectivity index (χ4n) is 1.80. The van der Waals surface area contributed by atoms with Gasteiger partial charge in [-0.1, -0.05) is 18.2 Å². The first-order chi connectivity index (χ1) is 11.1. The number of ether oxygens (including phenoxy) is 2. The molecule has 7 nitrogen and oxygen atoms in total. The number of rotatable bonds is 6. The van der Waals surface area contributed by atoms with Crippen LogP contribution in [0.3, 0.4) is 0 Å². The molecule has 120 valence electrons. The number of aryl methyl sites for hydroxylation is 1. The van der Waals surface area contributed by atoms with Crippen LogP contribution in [-0.2, 0) is 16.1 Å². The normalized spacial score (nSPS) is 10.0. The van der Waals surface area contributed by atoms with E-state index in [2.05, 4.69) is 15.3 Å². The number of methoxy groups -OCH3 is 1. The number of para-hydroxylation sites is 1. The van der Waals surface area contributed by atoms with Crippen molar-refractivity contribution in [1.82, 2.24) is 15.3 Å². The minimum atomic E-state index is -0.690. The third-order valence-corrected chi connectivity index (χ3v) is 2.99. The predicted molar refractivity (Wildman–Crippen MR) is 81.9 cm³/mol. The van der Waals surface area contributed by atoms with Crippen LogP contribution in [0.15, 0.2) is 36.7 Å². The first-order valence-corrected chi connectivity index (χ1v) is 6.94. The van der Waals surface area contributed by atoms with Crippen LogP contribution in [-0.4, -0.2) is 35.6 Å². The summed E-state index contributed by atoms with van der Waals surface area (Å²) >= 11 is 0. The molecule has 1 amide bonds. The second kappa shape index (κ2) is 7.88. The van der Waals surface area contributed by atoms with E-state index in [0.717, 1.165) is 5.56 Å². The number of carbonyl (C=O) groups excluding carboxylic acids is 2. The maximum atomic E-state index is 11.7. The number of esters is 1. The van der Waals surface area contributed by atoms with Gasteiger partial charge in [-0.05, 0) is 13.0 Å².